The monoisotopic (exact) mass is 451 g/mol. The minimum atomic E-state index is 0.215. The third kappa shape index (κ3) is 4.72. The molecule has 3 aromatic carbocycles. The summed E-state index contributed by atoms with van der Waals surface area (Å²) in [6, 6.07) is 29.5. The van der Waals surface area contributed by atoms with Crippen LogP contribution in [0.25, 0.3) is 0 Å². The van der Waals surface area contributed by atoms with Crippen LogP contribution in [0.15, 0.2) is 91.3 Å². The highest BCUT2D eigenvalue weighted by molar-refractivity contribution is 5.68. The summed E-state index contributed by atoms with van der Waals surface area (Å²) in [4.78, 5) is 13.5. The number of aryl methyl sites for hydroxylation is 1. The molecule has 1 fully saturated rings. The van der Waals surface area contributed by atoms with Crippen molar-refractivity contribution in [3.63, 3.8) is 0 Å². The molecule has 172 valence electrons. The summed E-state index contributed by atoms with van der Waals surface area (Å²) in [7, 11) is 0. The average molecular weight is 452 g/mol. The molecule has 34 heavy (non-hydrogen) atoms. The van der Waals surface area contributed by atoms with E-state index in [-0.39, 0.29) is 6.04 Å². The molecular weight excluding hydrogens is 422 g/mol. The number of piperazine rings is 1. The molecule has 2 heterocycles. The molecule has 0 amide bonds. The second kappa shape index (κ2) is 9.93. The lowest BCUT2D eigenvalue weighted by Crippen LogP contribution is -2.48. The lowest BCUT2D eigenvalue weighted by atomic mass is 9.96. The van der Waals surface area contributed by atoms with Gasteiger partial charge in [0.15, 0.2) is 5.82 Å². The van der Waals surface area contributed by atoms with Crippen molar-refractivity contribution in [1.29, 1.82) is 0 Å². The largest absolute Gasteiger partial charge is 0.437 e. The van der Waals surface area contributed by atoms with Crippen LogP contribution in [0.2, 0.25) is 0 Å². The number of rotatable bonds is 6. The zero-order chi connectivity index (χ0) is 23.3. The van der Waals surface area contributed by atoms with Crippen molar-refractivity contribution in [2.75, 3.05) is 36.8 Å². The van der Waals surface area contributed by atoms with Gasteiger partial charge in [0.05, 0.1) is 6.04 Å². The van der Waals surface area contributed by atoms with E-state index in [0.717, 1.165) is 32.0 Å². The minimum absolute atomic E-state index is 0.215. The van der Waals surface area contributed by atoms with E-state index in [1.54, 1.807) is 0 Å². The molecule has 4 aromatic rings. The molecule has 0 bridgehead atoms. The molecule has 0 radical (unpaired) electrons. The number of aromatic nitrogens is 2. The van der Waals surface area contributed by atoms with E-state index in [2.05, 4.69) is 80.4 Å². The van der Waals surface area contributed by atoms with Crippen LogP contribution in [0, 0.1) is 6.92 Å². The Kier molecular flexibility index (Phi) is 6.40. The predicted octanol–water partition coefficient (Wildman–Crippen LogP) is 5.07. The first kappa shape index (κ1) is 21.9. The second-order valence-electron chi connectivity index (χ2n) is 8.58. The van der Waals surface area contributed by atoms with Crippen LogP contribution in [0.1, 0.15) is 22.7 Å². The lowest BCUT2D eigenvalue weighted by Gasteiger charge is -2.40. The molecule has 0 unspecified atom stereocenters. The molecule has 1 aliphatic rings. The Bertz CT molecular complexity index is 1170. The minimum Gasteiger partial charge on any atom is -0.437 e. The SMILES string of the molecule is Cc1ccc(Oc2ncnc(N3CCN(C(c4ccccc4)c4ccccc4)CC3)c2N)cc1. The Balaban J connectivity index is 1.33. The summed E-state index contributed by atoms with van der Waals surface area (Å²) in [6.45, 7) is 5.47. The summed E-state index contributed by atoms with van der Waals surface area (Å²) in [5, 5.41) is 0. The van der Waals surface area contributed by atoms with Crippen molar-refractivity contribution in [3.8, 4) is 11.6 Å². The predicted molar refractivity (Wildman–Crippen MR) is 136 cm³/mol. The van der Waals surface area contributed by atoms with Gasteiger partial charge in [-0.15, -0.1) is 0 Å². The van der Waals surface area contributed by atoms with Crippen molar-refractivity contribution >= 4 is 11.5 Å². The molecule has 1 aliphatic heterocycles. The third-order valence-corrected chi connectivity index (χ3v) is 6.27. The van der Waals surface area contributed by atoms with Gasteiger partial charge in [0, 0.05) is 26.2 Å². The van der Waals surface area contributed by atoms with E-state index in [1.807, 2.05) is 31.2 Å². The number of hydrogen-bond acceptors (Lipinski definition) is 6. The van der Waals surface area contributed by atoms with Gasteiger partial charge in [-0.25, -0.2) is 4.98 Å². The van der Waals surface area contributed by atoms with Gasteiger partial charge in [-0.3, -0.25) is 4.90 Å². The number of nitrogen functional groups attached to an aromatic ring is 1. The highest BCUT2D eigenvalue weighted by atomic mass is 16.5. The smallest absolute Gasteiger partial charge is 0.248 e. The first-order valence-corrected chi connectivity index (χ1v) is 11.6. The van der Waals surface area contributed by atoms with E-state index >= 15 is 0 Å². The molecule has 6 heteroatoms. The number of nitrogens with zero attached hydrogens (tertiary/aromatic N) is 4. The van der Waals surface area contributed by atoms with Crippen LogP contribution in [0.3, 0.4) is 0 Å². The number of hydrogen-bond donors (Lipinski definition) is 1. The molecule has 0 saturated carbocycles. The maximum atomic E-state index is 6.46. The molecule has 5 rings (SSSR count). The lowest BCUT2D eigenvalue weighted by molar-refractivity contribution is 0.212. The Labute approximate surface area is 200 Å². The first-order chi connectivity index (χ1) is 16.7. The van der Waals surface area contributed by atoms with E-state index in [1.165, 1.54) is 23.0 Å². The zero-order valence-corrected chi connectivity index (χ0v) is 19.3. The summed E-state index contributed by atoms with van der Waals surface area (Å²) in [6.07, 6.45) is 1.53. The maximum Gasteiger partial charge on any atom is 0.248 e. The normalized spacial score (nSPS) is 14.4. The van der Waals surface area contributed by atoms with Gasteiger partial charge < -0.3 is 15.4 Å². The quantitative estimate of drug-likeness (QED) is 0.441. The van der Waals surface area contributed by atoms with Crippen molar-refractivity contribution in [1.82, 2.24) is 14.9 Å². The Morgan fingerprint density at radius 3 is 1.94 bits per heavy atom. The van der Waals surface area contributed by atoms with E-state index in [0.29, 0.717) is 17.3 Å². The van der Waals surface area contributed by atoms with Crippen LogP contribution in [-0.4, -0.2) is 41.0 Å². The van der Waals surface area contributed by atoms with Gasteiger partial charge >= 0.3 is 0 Å². The van der Waals surface area contributed by atoms with Crippen LogP contribution in [0.4, 0.5) is 11.5 Å². The fraction of sp³-hybridized carbons (Fsp3) is 0.214. The van der Waals surface area contributed by atoms with Crippen molar-refractivity contribution in [3.05, 3.63) is 108 Å². The topological polar surface area (TPSA) is 67.5 Å². The fourth-order valence-corrected chi connectivity index (χ4v) is 4.50. The maximum absolute atomic E-state index is 6.46. The van der Waals surface area contributed by atoms with Crippen molar-refractivity contribution < 1.29 is 4.74 Å². The summed E-state index contributed by atoms with van der Waals surface area (Å²) >= 11 is 0. The van der Waals surface area contributed by atoms with E-state index < -0.39 is 0 Å². The molecule has 0 spiro atoms. The highest BCUT2D eigenvalue weighted by Crippen LogP contribution is 2.34. The molecule has 0 atom stereocenters. The first-order valence-electron chi connectivity index (χ1n) is 11.6. The van der Waals surface area contributed by atoms with Gasteiger partial charge in [-0.1, -0.05) is 78.4 Å². The van der Waals surface area contributed by atoms with Crippen molar-refractivity contribution in [2.24, 2.45) is 0 Å². The molecular formula is C28H29N5O. The highest BCUT2D eigenvalue weighted by Gasteiger charge is 2.28. The number of anilines is 2. The van der Waals surface area contributed by atoms with Gasteiger partial charge in [-0.05, 0) is 30.2 Å². The molecule has 1 saturated heterocycles. The second-order valence-corrected chi connectivity index (χ2v) is 8.58. The Morgan fingerprint density at radius 2 is 1.35 bits per heavy atom. The van der Waals surface area contributed by atoms with Gasteiger partial charge in [-0.2, -0.15) is 4.98 Å². The number of nitrogens with two attached hydrogens (primary N) is 1. The molecule has 1 aromatic heterocycles. The van der Waals surface area contributed by atoms with Gasteiger partial charge in [0.1, 0.15) is 17.8 Å². The van der Waals surface area contributed by atoms with E-state index in [9.17, 15) is 0 Å². The molecule has 6 nitrogen and oxygen atoms in total. The Hall–Kier alpha value is -3.90. The number of benzene rings is 3. The Morgan fingerprint density at radius 1 is 0.765 bits per heavy atom. The molecule has 0 aliphatic carbocycles. The number of ether oxygens (including phenoxy) is 1. The van der Waals surface area contributed by atoms with Gasteiger partial charge in [0.2, 0.25) is 5.88 Å². The standard InChI is InChI=1S/C28H29N5O/c1-21-12-14-24(15-13-21)34-28-25(29)27(30-20-31-28)33-18-16-32(17-19-33)26(22-8-4-2-5-9-22)23-10-6-3-7-11-23/h2-15,20,26H,16-19,29H2,1H3. The van der Waals surface area contributed by atoms with E-state index in [4.69, 9.17) is 10.5 Å². The van der Waals surface area contributed by atoms with Crippen LogP contribution in [-0.2, 0) is 0 Å². The summed E-state index contributed by atoms with van der Waals surface area (Å²) < 4.78 is 5.96. The van der Waals surface area contributed by atoms with Crippen molar-refractivity contribution in [2.45, 2.75) is 13.0 Å². The zero-order valence-electron chi connectivity index (χ0n) is 19.3. The fourth-order valence-electron chi connectivity index (χ4n) is 4.50. The summed E-state index contributed by atoms with van der Waals surface area (Å²) in [5.74, 6) is 1.83. The van der Waals surface area contributed by atoms with Crippen LogP contribution >= 0.6 is 0 Å². The summed E-state index contributed by atoms with van der Waals surface area (Å²) in [5.41, 5.74) is 10.7. The van der Waals surface area contributed by atoms with Crippen LogP contribution < -0.4 is 15.4 Å². The average Bonchev–Trinajstić information content (AvgIpc) is 2.89. The third-order valence-electron chi connectivity index (χ3n) is 6.27. The molecule has 2 N–H and O–H groups in total. The van der Waals surface area contributed by atoms with Gasteiger partial charge in [0.25, 0.3) is 0 Å². The van der Waals surface area contributed by atoms with Crippen LogP contribution in [0.5, 0.6) is 11.6 Å².